The van der Waals surface area contributed by atoms with Crippen LogP contribution >= 0.6 is 0 Å². The van der Waals surface area contributed by atoms with Crippen molar-refractivity contribution >= 4 is 15.7 Å². The summed E-state index contributed by atoms with van der Waals surface area (Å²) in [7, 11) is -3.57. The number of rotatable bonds is 4. The second-order valence-electron chi connectivity index (χ2n) is 4.21. The van der Waals surface area contributed by atoms with E-state index in [0.717, 1.165) is 11.1 Å². The van der Waals surface area contributed by atoms with Crippen molar-refractivity contribution in [2.24, 2.45) is 0 Å². The third-order valence-electron chi connectivity index (χ3n) is 2.44. The van der Waals surface area contributed by atoms with Crippen LogP contribution in [0.15, 0.2) is 18.2 Å². The summed E-state index contributed by atoms with van der Waals surface area (Å²) in [6, 6.07) is 7.28. The fourth-order valence-corrected chi connectivity index (χ4v) is 2.42. The van der Waals surface area contributed by atoms with Gasteiger partial charge in [0.15, 0.2) is 5.75 Å². The van der Waals surface area contributed by atoms with E-state index in [4.69, 9.17) is 5.26 Å². The molecule has 0 saturated carbocycles. The Bertz CT molecular complexity index is 542. The number of aryl methyl sites for hydroxylation is 1. The van der Waals surface area contributed by atoms with Crippen molar-refractivity contribution in [3.63, 3.8) is 0 Å². The highest BCUT2D eigenvalue weighted by atomic mass is 32.2. The maximum absolute atomic E-state index is 11.6. The van der Waals surface area contributed by atoms with Gasteiger partial charge in [0.25, 0.3) is 0 Å². The second-order valence-corrected chi connectivity index (χ2v) is 5.94. The zero-order valence-corrected chi connectivity index (χ0v) is 11.0. The number of benzene rings is 1. The molecule has 1 rings (SSSR count). The van der Waals surface area contributed by atoms with Crippen molar-refractivity contribution in [1.82, 2.24) is 0 Å². The molecule has 4 nitrogen and oxygen atoms in total. The third kappa shape index (κ3) is 3.46. The fourth-order valence-electron chi connectivity index (χ4n) is 1.59. The minimum Gasteiger partial charge on any atom is -0.282 e. The van der Waals surface area contributed by atoms with Gasteiger partial charge in [0.1, 0.15) is 0 Å². The minimum atomic E-state index is -3.57. The number of nitrogens with one attached hydrogen (secondary N) is 1. The highest BCUT2D eigenvalue weighted by molar-refractivity contribution is 7.92. The van der Waals surface area contributed by atoms with Crippen LogP contribution in [0.3, 0.4) is 0 Å². The summed E-state index contributed by atoms with van der Waals surface area (Å²) in [5.74, 6) is -0.312. The minimum absolute atomic E-state index is 0.217. The number of hydrogen-bond acceptors (Lipinski definition) is 3. The zero-order valence-electron chi connectivity index (χ0n) is 10.2. The number of para-hydroxylation sites is 1. The van der Waals surface area contributed by atoms with Crippen molar-refractivity contribution in [1.29, 1.82) is 5.26 Å². The molecule has 0 aliphatic heterocycles. The SMILES string of the molecule is Cc1cccc(C(C)C)c1NS(=O)(=O)CC#N. The Morgan fingerprint density at radius 1 is 1.41 bits per heavy atom. The van der Waals surface area contributed by atoms with Crippen LogP contribution < -0.4 is 4.72 Å². The molecule has 0 spiro atoms. The first kappa shape index (κ1) is 13.5. The number of nitriles is 1. The molecule has 17 heavy (non-hydrogen) atoms. The van der Waals surface area contributed by atoms with Gasteiger partial charge in [-0.2, -0.15) is 5.26 Å². The summed E-state index contributed by atoms with van der Waals surface area (Å²) < 4.78 is 25.7. The molecule has 1 aromatic rings. The van der Waals surface area contributed by atoms with Gasteiger partial charge < -0.3 is 0 Å². The molecule has 92 valence electrons. The first-order valence-electron chi connectivity index (χ1n) is 5.34. The molecule has 0 aliphatic rings. The summed E-state index contributed by atoms with van der Waals surface area (Å²) in [5, 5.41) is 8.46. The summed E-state index contributed by atoms with van der Waals surface area (Å²) in [6.45, 7) is 5.84. The molecule has 0 bridgehead atoms. The molecule has 5 heteroatoms. The van der Waals surface area contributed by atoms with E-state index in [2.05, 4.69) is 4.72 Å². The van der Waals surface area contributed by atoms with Crippen LogP contribution in [0.5, 0.6) is 0 Å². The number of hydrogen-bond donors (Lipinski definition) is 1. The van der Waals surface area contributed by atoms with Crippen molar-refractivity contribution in [2.45, 2.75) is 26.7 Å². The van der Waals surface area contributed by atoms with Gasteiger partial charge >= 0.3 is 0 Å². The fraction of sp³-hybridized carbons (Fsp3) is 0.417. The van der Waals surface area contributed by atoms with E-state index in [-0.39, 0.29) is 5.92 Å². The van der Waals surface area contributed by atoms with Crippen LogP contribution in [0, 0.1) is 18.3 Å². The molecule has 0 aliphatic carbocycles. The van der Waals surface area contributed by atoms with Gasteiger partial charge in [-0.15, -0.1) is 0 Å². The lowest BCUT2D eigenvalue weighted by Gasteiger charge is -2.16. The van der Waals surface area contributed by atoms with E-state index < -0.39 is 15.8 Å². The third-order valence-corrected chi connectivity index (χ3v) is 3.46. The van der Waals surface area contributed by atoms with Crippen LogP contribution in [0.2, 0.25) is 0 Å². The van der Waals surface area contributed by atoms with Gasteiger partial charge in [0.05, 0.1) is 11.8 Å². The second kappa shape index (κ2) is 5.19. The van der Waals surface area contributed by atoms with Crippen molar-refractivity contribution in [3.05, 3.63) is 29.3 Å². The predicted octanol–water partition coefficient (Wildman–Crippen LogP) is 2.38. The van der Waals surface area contributed by atoms with Gasteiger partial charge in [0.2, 0.25) is 10.0 Å². The van der Waals surface area contributed by atoms with Crippen LogP contribution in [0.4, 0.5) is 5.69 Å². The van der Waals surface area contributed by atoms with E-state index in [1.807, 2.05) is 39.0 Å². The molecule has 1 N–H and O–H groups in total. The smallest absolute Gasteiger partial charge is 0.246 e. The van der Waals surface area contributed by atoms with Crippen LogP contribution in [0.1, 0.15) is 30.9 Å². The van der Waals surface area contributed by atoms with Crippen molar-refractivity contribution in [3.8, 4) is 6.07 Å². The molecule has 0 unspecified atom stereocenters. The number of sulfonamides is 1. The molecule has 1 aromatic carbocycles. The Hall–Kier alpha value is -1.54. The van der Waals surface area contributed by atoms with Crippen LogP contribution in [-0.4, -0.2) is 14.2 Å². The van der Waals surface area contributed by atoms with Gasteiger partial charge in [-0.3, -0.25) is 4.72 Å². The zero-order chi connectivity index (χ0) is 13.1. The molecule has 0 aromatic heterocycles. The van der Waals surface area contributed by atoms with Gasteiger partial charge in [-0.1, -0.05) is 32.0 Å². The van der Waals surface area contributed by atoms with E-state index in [0.29, 0.717) is 5.69 Å². The Morgan fingerprint density at radius 2 is 2.06 bits per heavy atom. The number of nitrogens with zero attached hydrogens (tertiary/aromatic N) is 1. The molecule has 0 fully saturated rings. The van der Waals surface area contributed by atoms with E-state index in [1.54, 1.807) is 6.07 Å². The highest BCUT2D eigenvalue weighted by Gasteiger charge is 2.15. The maximum Gasteiger partial charge on any atom is 0.246 e. The van der Waals surface area contributed by atoms with Gasteiger partial charge in [-0.05, 0) is 24.0 Å². The summed E-state index contributed by atoms with van der Waals surface area (Å²) in [5.41, 5.74) is 2.39. The summed E-state index contributed by atoms with van der Waals surface area (Å²) >= 11 is 0. The predicted molar refractivity (Wildman–Crippen MR) is 68.3 cm³/mol. The number of anilines is 1. The van der Waals surface area contributed by atoms with Gasteiger partial charge in [0, 0.05) is 0 Å². The standard InChI is InChI=1S/C12H16N2O2S/c1-9(2)11-6-4-5-10(3)12(11)14-17(15,16)8-7-13/h4-6,9,14H,8H2,1-3H3. The van der Waals surface area contributed by atoms with Gasteiger partial charge in [-0.25, -0.2) is 8.42 Å². The van der Waals surface area contributed by atoms with Crippen LogP contribution in [-0.2, 0) is 10.0 Å². The molecule has 0 saturated heterocycles. The molecular weight excluding hydrogens is 236 g/mol. The largest absolute Gasteiger partial charge is 0.282 e. The van der Waals surface area contributed by atoms with E-state index >= 15 is 0 Å². The quantitative estimate of drug-likeness (QED) is 0.894. The first-order valence-corrected chi connectivity index (χ1v) is 6.99. The Morgan fingerprint density at radius 3 is 2.59 bits per heavy atom. The monoisotopic (exact) mass is 252 g/mol. The highest BCUT2D eigenvalue weighted by Crippen LogP contribution is 2.28. The lowest BCUT2D eigenvalue weighted by atomic mass is 9.99. The molecule has 0 atom stereocenters. The van der Waals surface area contributed by atoms with Crippen LogP contribution in [0.25, 0.3) is 0 Å². The topological polar surface area (TPSA) is 70.0 Å². The van der Waals surface area contributed by atoms with Crippen molar-refractivity contribution in [2.75, 3.05) is 10.5 Å². The first-order chi connectivity index (χ1) is 7.87. The lowest BCUT2D eigenvalue weighted by molar-refractivity contribution is 0.604. The molecule has 0 radical (unpaired) electrons. The maximum atomic E-state index is 11.6. The van der Waals surface area contributed by atoms with E-state index in [9.17, 15) is 8.42 Å². The average Bonchev–Trinajstić information content (AvgIpc) is 2.20. The van der Waals surface area contributed by atoms with E-state index in [1.165, 1.54) is 0 Å². The molecule has 0 amide bonds. The Kier molecular flexibility index (Phi) is 4.13. The Labute approximate surface area is 102 Å². The average molecular weight is 252 g/mol. The van der Waals surface area contributed by atoms with Crippen molar-refractivity contribution < 1.29 is 8.42 Å². The molecule has 0 heterocycles. The summed E-state index contributed by atoms with van der Waals surface area (Å²) in [6.07, 6.45) is 0. The molecular formula is C12H16N2O2S. The Balaban J connectivity index is 3.19. The summed E-state index contributed by atoms with van der Waals surface area (Å²) in [4.78, 5) is 0. The lowest BCUT2D eigenvalue weighted by Crippen LogP contribution is -2.17. The normalized spacial score (nSPS) is 11.2.